The molecule has 0 bridgehead atoms. The van der Waals surface area contributed by atoms with E-state index in [2.05, 4.69) is 0 Å². The molecule has 0 aliphatic heterocycles. The quantitative estimate of drug-likeness (QED) is 0.520. The highest BCUT2D eigenvalue weighted by atomic mass is 19.4. The predicted octanol–water partition coefficient (Wildman–Crippen LogP) is 1.81. The Kier molecular flexibility index (Phi) is 2.17. The highest BCUT2D eigenvalue weighted by Crippen LogP contribution is 2.30. The number of alkyl halides is 3. The van der Waals surface area contributed by atoms with Gasteiger partial charge >= 0.3 is 6.18 Å². The summed E-state index contributed by atoms with van der Waals surface area (Å²) in [6.07, 6.45) is -4.31. The molecule has 1 aromatic carbocycles. The van der Waals surface area contributed by atoms with Crippen molar-refractivity contribution < 1.29 is 13.2 Å². The average Bonchev–Trinajstić information content (AvgIpc) is 1.92. The lowest BCUT2D eigenvalue weighted by Gasteiger charge is -2.10. The van der Waals surface area contributed by atoms with Gasteiger partial charge in [-0.2, -0.15) is 13.2 Å². The molecule has 0 nitrogen and oxygen atoms in total. The molecule has 0 aliphatic rings. The third kappa shape index (κ3) is 1.81. The van der Waals surface area contributed by atoms with Gasteiger partial charge in [0.05, 0.1) is 5.56 Å². The summed E-state index contributed by atoms with van der Waals surface area (Å²) in [5.41, 5.74) is -0.341. The van der Waals surface area contributed by atoms with E-state index in [0.717, 1.165) is 6.07 Å². The lowest BCUT2D eigenvalue weighted by Crippen LogP contribution is -2.12. The second-order valence-corrected chi connectivity index (χ2v) is 2.57. The largest absolute Gasteiger partial charge is 0.416 e. The van der Waals surface area contributed by atoms with Crippen LogP contribution in [-0.4, -0.2) is 7.85 Å². The van der Waals surface area contributed by atoms with Gasteiger partial charge in [-0.05, 0) is 12.5 Å². The van der Waals surface area contributed by atoms with Gasteiger partial charge in [0, 0.05) is 0 Å². The van der Waals surface area contributed by atoms with E-state index in [1.807, 2.05) is 0 Å². The van der Waals surface area contributed by atoms with Crippen LogP contribution < -0.4 is 5.46 Å². The molecule has 62 valence electrons. The maximum atomic E-state index is 12.2. The SMILES string of the molecule is [B]c1ccc(C)c(C(F)(F)F)c1. The second-order valence-electron chi connectivity index (χ2n) is 2.57. The summed E-state index contributed by atoms with van der Waals surface area (Å²) in [4.78, 5) is 0. The van der Waals surface area contributed by atoms with Crippen molar-refractivity contribution in [3.8, 4) is 0 Å². The van der Waals surface area contributed by atoms with Crippen LogP contribution in [0.3, 0.4) is 0 Å². The van der Waals surface area contributed by atoms with E-state index in [9.17, 15) is 13.2 Å². The highest BCUT2D eigenvalue weighted by Gasteiger charge is 2.31. The zero-order valence-corrected chi connectivity index (χ0v) is 6.44. The van der Waals surface area contributed by atoms with E-state index in [1.54, 1.807) is 0 Å². The molecule has 0 atom stereocenters. The van der Waals surface area contributed by atoms with Crippen molar-refractivity contribution in [2.24, 2.45) is 0 Å². The van der Waals surface area contributed by atoms with Gasteiger partial charge in [0.2, 0.25) is 0 Å². The normalized spacial score (nSPS) is 11.7. The average molecular weight is 170 g/mol. The smallest absolute Gasteiger partial charge is 0.166 e. The van der Waals surface area contributed by atoms with Gasteiger partial charge in [0.15, 0.2) is 0 Å². The maximum absolute atomic E-state index is 12.2. The Balaban J connectivity index is 3.23. The number of halogens is 3. The monoisotopic (exact) mass is 170 g/mol. The minimum absolute atomic E-state index is 0.132. The first-order valence-corrected chi connectivity index (χ1v) is 3.34. The predicted molar refractivity (Wildman–Crippen MR) is 41.6 cm³/mol. The second kappa shape index (κ2) is 2.85. The molecule has 0 N–H and O–H groups in total. The number of rotatable bonds is 0. The number of aryl methyl sites for hydroxylation is 1. The summed E-state index contributed by atoms with van der Waals surface area (Å²) >= 11 is 0. The van der Waals surface area contributed by atoms with E-state index in [0.29, 0.717) is 0 Å². The molecule has 0 saturated heterocycles. The lowest BCUT2D eigenvalue weighted by molar-refractivity contribution is -0.138. The van der Waals surface area contributed by atoms with Gasteiger partial charge in [0.25, 0.3) is 0 Å². The highest BCUT2D eigenvalue weighted by molar-refractivity contribution is 6.32. The molecular weight excluding hydrogens is 164 g/mol. The summed E-state index contributed by atoms with van der Waals surface area (Å²) in [5.74, 6) is 0. The fourth-order valence-electron chi connectivity index (χ4n) is 0.945. The molecule has 2 radical (unpaired) electrons. The molecule has 4 heteroatoms. The summed E-state index contributed by atoms with van der Waals surface area (Å²) < 4.78 is 36.5. The molecule has 0 heterocycles. The third-order valence-corrected chi connectivity index (χ3v) is 1.57. The Morgan fingerprint density at radius 1 is 1.25 bits per heavy atom. The molecule has 1 rings (SSSR count). The van der Waals surface area contributed by atoms with Gasteiger partial charge in [0.1, 0.15) is 7.85 Å². The van der Waals surface area contributed by atoms with Crippen LogP contribution in [0.1, 0.15) is 11.1 Å². The number of hydrogen-bond donors (Lipinski definition) is 0. The van der Waals surface area contributed by atoms with Crippen molar-refractivity contribution in [3.63, 3.8) is 0 Å². The Morgan fingerprint density at radius 2 is 1.83 bits per heavy atom. The van der Waals surface area contributed by atoms with Gasteiger partial charge in [-0.1, -0.05) is 23.7 Å². The molecule has 0 fully saturated rings. The summed E-state index contributed by atoms with van der Waals surface area (Å²) in [5, 5.41) is 0. The minimum Gasteiger partial charge on any atom is -0.166 e. The topological polar surface area (TPSA) is 0 Å². The Hall–Kier alpha value is -0.925. The minimum atomic E-state index is -4.31. The van der Waals surface area contributed by atoms with Crippen LogP contribution in [-0.2, 0) is 6.18 Å². The Bertz CT molecular complexity index is 291. The molecule has 0 spiro atoms. The first-order chi connectivity index (χ1) is 5.41. The number of hydrogen-bond acceptors (Lipinski definition) is 0. The van der Waals surface area contributed by atoms with Crippen LogP contribution in [0.15, 0.2) is 18.2 Å². The van der Waals surface area contributed by atoms with Crippen molar-refractivity contribution in [3.05, 3.63) is 29.3 Å². The third-order valence-electron chi connectivity index (χ3n) is 1.57. The van der Waals surface area contributed by atoms with Crippen molar-refractivity contribution in [1.82, 2.24) is 0 Å². The van der Waals surface area contributed by atoms with Crippen LogP contribution in [0, 0.1) is 6.92 Å². The summed E-state index contributed by atoms with van der Waals surface area (Å²) in [6, 6.07) is 3.75. The fraction of sp³-hybridized carbons (Fsp3) is 0.250. The molecule has 0 saturated carbocycles. The van der Waals surface area contributed by atoms with E-state index < -0.39 is 11.7 Å². The van der Waals surface area contributed by atoms with Gasteiger partial charge < -0.3 is 0 Å². The van der Waals surface area contributed by atoms with Gasteiger partial charge in [-0.15, -0.1) is 0 Å². The Labute approximate surface area is 69.8 Å². The molecule has 0 aliphatic carbocycles. The molecule has 0 amide bonds. The molecule has 0 unspecified atom stereocenters. The van der Waals surface area contributed by atoms with E-state index in [4.69, 9.17) is 7.85 Å². The summed E-state index contributed by atoms with van der Waals surface area (Å²) in [6.45, 7) is 1.41. The molecular formula is C8H6BF3. The maximum Gasteiger partial charge on any atom is 0.416 e. The van der Waals surface area contributed by atoms with E-state index in [1.165, 1.54) is 19.1 Å². The van der Waals surface area contributed by atoms with Crippen molar-refractivity contribution in [2.45, 2.75) is 13.1 Å². The van der Waals surface area contributed by atoms with Crippen molar-refractivity contribution >= 4 is 13.3 Å². The zero-order valence-electron chi connectivity index (χ0n) is 6.44. The fourth-order valence-corrected chi connectivity index (χ4v) is 0.945. The van der Waals surface area contributed by atoms with Crippen molar-refractivity contribution in [1.29, 1.82) is 0 Å². The molecule has 1 aromatic rings. The van der Waals surface area contributed by atoms with E-state index in [-0.39, 0.29) is 11.0 Å². The van der Waals surface area contributed by atoms with Crippen LogP contribution >= 0.6 is 0 Å². The van der Waals surface area contributed by atoms with Crippen molar-refractivity contribution in [2.75, 3.05) is 0 Å². The van der Waals surface area contributed by atoms with Crippen LogP contribution in [0.2, 0.25) is 0 Å². The Morgan fingerprint density at radius 3 is 2.25 bits per heavy atom. The van der Waals surface area contributed by atoms with E-state index >= 15 is 0 Å². The van der Waals surface area contributed by atoms with Crippen LogP contribution in [0.4, 0.5) is 13.2 Å². The molecule has 12 heavy (non-hydrogen) atoms. The summed E-state index contributed by atoms with van der Waals surface area (Å²) in [7, 11) is 5.22. The lowest BCUT2D eigenvalue weighted by atomic mass is 9.92. The number of benzene rings is 1. The van der Waals surface area contributed by atoms with Crippen LogP contribution in [0.25, 0.3) is 0 Å². The first-order valence-electron chi connectivity index (χ1n) is 3.34. The zero-order chi connectivity index (χ0) is 9.35. The van der Waals surface area contributed by atoms with Gasteiger partial charge in [-0.25, -0.2) is 0 Å². The first kappa shape index (κ1) is 9.17. The molecule has 0 aromatic heterocycles. The standard InChI is InChI=1S/C8H6BF3/c1-5-2-3-6(9)4-7(5)8(10,11)12/h2-4H,1H3. The van der Waals surface area contributed by atoms with Gasteiger partial charge in [-0.3, -0.25) is 0 Å². The van der Waals surface area contributed by atoms with Crippen LogP contribution in [0.5, 0.6) is 0 Å².